The van der Waals surface area contributed by atoms with Gasteiger partial charge in [-0.2, -0.15) is 4.98 Å². The number of nitrogens with two attached hydrogens (primary N) is 2. The second-order valence-corrected chi connectivity index (χ2v) is 11.3. The number of nitrogens with one attached hydrogen (secondary N) is 1. The zero-order valence-electron chi connectivity index (χ0n) is 24.0. The maximum absolute atomic E-state index is 15.1. The Balaban J connectivity index is 0.00000462. The first-order chi connectivity index (χ1) is 19.0. The van der Waals surface area contributed by atoms with Crippen LogP contribution in [0.2, 0.25) is 0 Å². The van der Waals surface area contributed by atoms with Crippen LogP contribution in [0.15, 0.2) is 35.3 Å². The van der Waals surface area contributed by atoms with Gasteiger partial charge in [-0.1, -0.05) is 13.0 Å². The predicted octanol–water partition coefficient (Wildman–Crippen LogP) is 2.30. The van der Waals surface area contributed by atoms with Crippen LogP contribution < -0.4 is 22.5 Å². The highest BCUT2D eigenvalue weighted by Gasteiger charge is 2.31. The highest BCUT2D eigenvalue weighted by Crippen LogP contribution is 2.25. The van der Waals surface area contributed by atoms with E-state index in [1.807, 2.05) is 0 Å². The molecule has 41 heavy (non-hydrogen) atoms. The van der Waals surface area contributed by atoms with E-state index in [-0.39, 0.29) is 36.0 Å². The van der Waals surface area contributed by atoms with Crippen LogP contribution in [0.25, 0.3) is 5.69 Å². The Kier molecular flexibility index (Phi) is 10.9. The number of carbonyl (C=O) groups excluding carboxylic acids is 2. The molecule has 1 saturated heterocycles. The van der Waals surface area contributed by atoms with Gasteiger partial charge in [-0.25, -0.2) is 14.0 Å². The van der Waals surface area contributed by atoms with Gasteiger partial charge in [-0.05, 0) is 64.3 Å². The van der Waals surface area contributed by atoms with Gasteiger partial charge in [-0.3, -0.25) is 19.6 Å². The molecule has 0 radical (unpaired) electrons. The first-order valence-corrected chi connectivity index (χ1v) is 14.0. The number of anilines is 1. The van der Waals surface area contributed by atoms with E-state index in [1.54, 1.807) is 35.8 Å². The van der Waals surface area contributed by atoms with Crippen LogP contribution in [0.1, 0.15) is 52.0 Å². The van der Waals surface area contributed by atoms with Crippen molar-refractivity contribution in [3.8, 4) is 5.69 Å². The van der Waals surface area contributed by atoms with Crippen LogP contribution in [-0.4, -0.2) is 86.5 Å². The van der Waals surface area contributed by atoms with Gasteiger partial charge >= 0.3 is 11.7 Å². The molecule has 0 spiro atoms. The van der Waals surface area contributed by atoms with Crippen molar-refractivity contribution in [1.29, 1.82) is 0 Å². The summed E-state index contributed by atoms with van der Waals surface area (Å²) in [5, 5.41) is 2.63. The van der Waals surface area contributed by atoms with E-state index in [1.165, 1.54) is 22.9 Å². The van der Waals surface area contributed by atoms with Crippen LogP contribution in [0.5, 0.6) is 0 Å². The number of hydrogen-bond acceptors (Lipinski definition) is 7. The lowest BCUT2D eigenvalue weighted by Gasteiger charge is -2.37. The summed E-state index contributed by atoms with van der Waals surface area (Å²) in [6.45, 7) is 8.10. The predicted molar refractivity (Wildman–Crippen MR) is 159 cm³/mol. The Morgan fingerprint density at radius 1 is 1.10 bits per heavy atom. The average molecular weight is 593 g/mol. The Bertz CT molecular complexity index is 1270. The maximum Gasteiger partial charge on any atom is 0.354 e. The number of rotatable bonds is 7. The average Bonchev–Trinajstić information content (AvgIpc) is 2.92. The molecule has 1 aliphatic carbocycles. The zero-order chi connectivity index (χ0) is 29.0. The number of aromatic nitrogens is 2. The maximum atomic E-state index is 15.1. The van der Waals surface area contributed by atoms with Crippen molar-refractivity contribution in [3.05, 3.63) is 52.3 Å². The van der Waals surface area contributed by atoms with E-state index in [0.717, 1.165) is 32.2 Å². The molecule has 1 saturated carbocycles. The fourth-order valence-electron chi connectivity index (χ4n) is 5.38. The quantitative estimate of drug-likeness (QED) is 0.448. The zero-order valence-corrected chi connectivity index (χ0v) is 24.8. The third-order valence-electron chi connectivity index (χ3n) is 7.80. The van der Waals surface area contributed by atoms with E-state index < -0.39 is 17.3 Å². The molecule has 2 heterocycles. The number of hydrogen-bond donors (Lipinski definition) is 3. The number of benzene rings is 1. The van der Waals surface area contributed by atoms with E-state index in [2.05, 4.69) is 22.1 Å². The van der Waals surface area contributed by atoms with Gasteiger partial charge in [-0.15, -0.1) is 12.4 Å². The van der Waals surface area contributed by atoms with E-state index >= 15 is 4.39 Å². The third kappa shape index (κ3) is 8.03. The number of carbonyl (C=O) groups is 2. The molecular formula is C28H42ClFN8O3. The Hall–Kier alpha value is -3.06. The minimum absolute atomic E-state index is 0. The standard InChI is InChI=1S/C28H41FN8O3.ClH/c1-4-34(21-9-6-20(30)7-10-21)18-19-5-8-22(17-23(19)29)37-12-11-24(33-27(37)40)32-26(39)36-15-13-35(14-16-36)25(38)28(2,3)31;/h5,8,11-12,17,20-21H,4,6-7,9-10,13-16,18,30-31H2,1-3H3,(H,32,33,39,40);1H/t20-,21-;. The van der Waals surface area contributed by atoms with Crippen molar-refractivity contribution in [2.45, 2.75) is 70.6 Å². The van der Waals surface area contributed by atoms with Crippen molar-refractivity contribution < 1.29 is 14.0 Å². The summed E-state index contributed by atoms with van der Waals surface area (Å²) < 4.78 is 16.4. The fraction of sp³-hybridized carbons (Fsp3) is 0.571. The van der Waals surface area contributed by atoms with Crippen molar-refractivity contribution >= 4 is 30.2 Å². The van der Waals surface area contributed by atoms with Gasteiger partial charge in [0.2, 0.25) is 5.91 Å². The Morgan fingerprint density at radius 2 is 1.73 bits per heavy atom. The molecule has 2 aromatic rings. The molecule has 0 unspecified atom stereocenters. The number of urea groups is 1. The molecule has 0 bridgehead atoms. The summed E-state index contributed by atoms with van der Waals surface area (Å²) in [4.78, 5) is 47.3. The van der Waals surface area contributed by atoms with E-state index in [4.69, 9.17) is 11.5 Å². The molecule has 2 fully saturated rings. The minimum atomic E-state index is -0.971. The molecule has 1 aromatic carbocycles. The first kappa shape index (κ1) is 32.5. The molecule has 1 aliphatic heterocycles. The first-order valence-electron chi connectivity index (χ1n) is 14.0. The summed E-state index contributed by atoms with van der Waals surface area (Å²) in [6.07, 6.45) is 5.46. The molecular weight excluding hydrogens is 551 g/mol. The van der Waals surface area contributed by atoms with E-state index in [9.17, 15) is 14.4 Å². The summed E-state index contributed by atoms with van der Waals surface area (Å²) in [6, 6.07) is 6.48. The number of nitrogens with zero attached hydrogens (tertiary/aromatic N) is 5. The summed E-state index contributed by atoms with van der Waals surface area (Å²) >= 11 is 0. The lowest BCUT2D eigenvalue weighted by Crippen LogP contribution is -2.58. The highest BCUT2D eigenvalue weighted by atomic mass is 35.5. The van der Waals surface area contributed by atoms with Crippen LogP contribution in [-0.2, 0) is 11.3 Å². The largest absolute Gasteiger partial charge is 0.354 e. The third-order valence-corrected chi connectivity index (χ3v) is 7.80. The fourth-order valence-corrected chi connectivity index (χ4v) is 5.38. The molecule has 11 nitrogen and oxygen atoms in total. The normalized spacial score (nSPS) is 19.6. The monoisotopic (exact) mass is 592 g/mol. The van der Waals surface area contributed by atoms with Crippen molar-refractivity contribution in [2.24, 2.45) is 11.5 Å². The minimum Gasteiger partial charge on any atom is -0.338 e. The summed E-state index contributed by atoms with van der Waals surface area (Å²) in [5.74, 6) is -0.460. The molecule has 1 aromatic heterocycles. The molecule has 4 rings (SSSR count). The van der Waals surface area contributed by atoms with Gasteiger partial charge in [0.05, 0.1) is 11.2 Å². The lowest BCUT2D eigenvalue weighted by atomic mass is 9.90. The molecule has 0 atom stereocenters. The highest BCUT2D eigenvalue weighted by molar-refractivity contribution is 5.89. The van der Waals surface area contributed by atoms with Gasteiger partial charge in [0.15, 0.2) is 0 Å². The van der Waals surface area contributed by atoms with Crippen LogP contribution in [0.4, 0.5) is 15.0 Å². The number of amides is 3. The molecule has 2 aliphatic rings. The van der Waals surface area contributed by atoms with Crippen molar-refractivity contribution in [2.75, 3.05) is 38.0 Å². The molecule has 13 heteroatoms. The van der Waals surface area contributed by atoms with Crippen LogP contribution in [0, 0.1) is 5.82 Å². The van der Waals surface area contributed by atoms with Crippen molar-refractivity contribution in [1.82, 2.24) is 24.3 Å². The van der Waals surface area contributed by atoms with Crippen LogP contribution >= 0.6 is 12.4 Å². The molecule has 226 valence electrons. The van der Waals surface area contributed by atoms with Crippen molar-refractivity contribution in [3.63, 3.8) is 0 Å². The molecule has 5 N–H and O–H groups in total. The second kappa shape index (κ2) is 13.7. The van der Waals surface area contributed by atoms with Gasteiger partial charge in [0.25, 0.3) is 0 Å². The number of halogens is 2. The summed E-state index contributed by atoms with van der Waals surface area (Å²) in [5.41, 5.74) is 11.3. The summed E-state index contributed by atoms with van der Waals surface area (Å²) in [7, 11) is 0. The van der Waals surface area contributed by atoms with E-state index in [0.29, 0.717) is 50.0 Å². The smallest absolute Gasteiger partial charge is 0.338 e. The molecule has 3 amide bonds. The second-order valence-electron chi connectivity index (χ2n) is 11.3. The van der Waals surface area contributed by atoms with Crippen LogP contribution in [0.3, 0.4) is 0 Å². The Labute approximate surface area is 246 Å². The number of piperazine rings is 1. The van der Waals surface area contributed by atoms with Gasteiger partial charge < -0.3 is 21.3 Å². The van der Waals surface area contributed by atoms with Gasteiger partial charge in [0, 0.05) is 56.6 Å². The van der Waals surface area contributed by atoms with Gasteiger partial charge in [0.1, 0.15) is 11.6 Å². The topological polar surface area (TPSA) is 143 Å². The SMILES string of the molecule is CCN(Cc1ccc(-n2ccc(NC(=O)N3CCN(C(=O)C(C)(C)N)CC3)nc2=O)cc1F)[C@H]1CC[C@H](N)CC1.Cl. The lowest BCUT2D eigenvalue weighted by molar-refractivity contribution is -0.137. The Morgan fingerprint density at radius 3 is 2.29 bits per heavy atom.